The number of hydrogen-bond acceptors (Lipinski definition) is 4. The molecular formula is C9H14N4. The first-order chi connectivity index (χ1) is 6.24. The van der Waals surface area contributed by atoms with E-state index in [0.717, 1.165) is 24.4 Å². The van der Waals surface area contributed by atoms with Crippen LogP contribution >= 0.6 is 0 Å². The van der Waals surface area contributed by atoms with E-state index in [9.17, 15) is 0 Å². The van der Waals surface area contributed by atoms with Crippen LogP contribution in [-0.4, -0.2) is 22.1 Å². The molecule has 0 aliphatic heterocycles. The van der Waals surface area contributed by atoms with Gasteiger partial charge in [0.05, 0.1) is 5.54 Å². The van der Waals surface area contributed by atoms with Gasteiger partial charge in [0.25, 0.3) is 0 Å². The first kappa shape index (κ1) is 8.44. The molecule has 4 heteroatoms. The zero-order valence-corrected chi connectivity index (χ0v) is 7.75. The van der Waals surface area contributed by atoms with E-state index in [1.54, 1.807) is 6.33 Å². The second-order valence-electron chi connectivity index (χ2n) is 3.65. The Bertz CT molecular complexity index is 306. The lowest BCUT2D eigenvalue weighted by atomic mass is 10.2. The van der Waals surface area contributed by atoms with E-state index in [1.165, 1.54) is 0 Å². The van der Waals surface area contributed by atoms with Crippen molar-refractivity contribution in [2.45, 2.75) is 25.3 Å². The largest absolute Gasteiger partial charge is 0.363 e. The molecule has 70 valence electrons. The summed E-state index contributed by atoms with van der Waals surface area (Å²) < 4.78 is 0. The molecule has 2 rings (SSSR count). The molecule has 0 unspecified atom stereocenters. The maximum atomic E-state index is 5.65. The van der Waals surface area contributed by atoms with Crippen LogP contribution in [0.3, 0.4) is 0 Å². The summed E-state index contributed by atoms with van der Waals surface area (Å²) in [5.74, 6) is 0.885. The van der Waals surface area contributed by atoms with Crippen molar-refractivity contribution >= 4 is 5.82 Å². The maximum Gasteiger partial charge on any atom is 0.130 e. The Balaban J connectivity index is 2.09. The van der Waals surface area contributed by atoms with Crippen molar-refractivity contribution in [3.05, 3.63) is 18.1 Å². The highest BCUT2D eigenvalue weighted by Crippen LogP contribution is 2.37. The Morgan fingerprint density at radius 1 is 1.54 bits per heavy atom. The molecule has 0 atom stereocenters. The third-order valence-electron chi connectivity index (χ3n) is 2.44. The van der Waals surface area contributed by atoms with Crippen molar-refractivity contribution in [3.8, 4) is 0 Å². The van der Waals surface area contributed by atoms with Gasteiger partial charge in [-0.25, -0.2) is 9.97 Å². The second kappa shape index (κ2) is 2.96. The normalized spacial score (nSPS) is 18.3. The molecule has 1 heterocycles. The summed E-state index contributed by atoms with van der Waals surface area (Å²) in [5.41, 5.74) is 6.75. The second-order valence-corrected chi connectivity index (χ2v) is 3.65. The van der Waals surface area contributed by atoms with Gasteiger partial charge in [-0.15, -0.1) is 0 Å². The van der Waals surface area contributed by atoms with Crippen LogP contribution in [0.15, 0.2) is 12.4 Å². The van der Waals surface area contributed by atoms with Gasteiger partial charge in [0.2, 0.25) is 0 Å². The van der Waals surface area contributed by atoms with Crippen LogP contribution in [0.5, 0.6) is 0 Å². The van der Waals surface area contributed by atoms with E-state index in [0.29, 0.717) is 6.54 Å². The van der Waals surface area contributed by atoms with Crippen LogP contribution < -0.4 is 11.1 Å². The molecule has 0 amide bonds. The van der Waals surface area contributed by atoms with Gasteiger partial charge >= 0.3 is 0 Å². The highest BCUT2D eigenvalue weighted by molar-refractivity contribution is 5.40. The maximum absolute atomic E-state index is 5.65. The molecule has 1 saturated carbocycles. The Morgan fingerprint density at radius 3 is 2.85 bits per heavy atom. The fraction of sp³-hybridized carbons (Fsp3) is 0.556. The molecule has 1 fully saturated rings. The average Bonchev–Trinajstić information content (AvgIpc) is 2.86. The quantitative estimate of drug-likeness (QED) is 0.714. The van der Waals surface area contributed by atoms with Crippen LogP contribution in [-0.2, 0) is 0 Å². The van der Waals surface area contributed by atoms with Gasteiger partial charge in [0.15, 0.2) is 0 Å². The summed E-state index contributed by atoms with van der Waals surface area (Å²) in [6.45, 7) is 2.63. The third kappa shape index (κ3) is 1.78. The molecule has 0 saturated heterocycles. The number of nitrogens with one attached hydrogen (secondary N) is 1. The Kier molecular flexibility index (Phi) is 1.92. The van der Waals surface area contributed by atoms with Crippen molar-refractivity contribution in [1.82, 2.24) is 9.97 Å². The van der Waals surface area contributed by atoms with E-state index in [4.69, 9.17) is 5.73 Å². The topological polar surface area (TPSA) is 63.8 Å². The molecule has 0 bridgehead atoms. The lowest BCUT2D eigenvalue weighted by Gasteiger charge is -2.15. The van der Waals surface area contributed by atoms with E-state index in [1.807, 2.05) is 13.0 Å². The summed E-state index contributed by atoms with van der Waals surface area (Å²) in [4.78, 5) is 8.17. The zero-order valence-electron chi connectivity index (χ0n) is 7.75. The summed E-state index contributed by atoms with van der Waals surface area (Å²) in [6, 6.07) is 1.94. The van der Waals surface area contributed by atoms with E-state index in [-0.39, 0.29) is 5.54 Å². The van der Waals surface area contributed by atoms with Crippen LogP contribution in [0.2, 0.25) is 0 Å². The van der Waals surface area contributed by atoms with Crippen molar-refractivity contribution < 1.29 is 0 Å². The molecular weight excluding hydrogens is 164 g/mol. The molecule has 1 aliphatic carbocycles. The fourth-order valence-electron chi connectivity index (χ4n) is 1.33. The van der Waals surface area contributed by atoms with Crippen molar-refractivity contribution in [1.29, 1.82) is 0 Å². The molecule has 1 aromatic heterocycles. The number of nitrogens with zero attached hydrogens (tertiary/aromatic N) is 2. The average molecular weight is 178 g/mol. The van der Waals surface area contributed by atoms with Gasteiger partial charge in [0.1, 0.15) is 12.1 Å². The standard InChI is InChI=1S/C9H14N4/c1-7-4-8(12-6-11-7)13-9(5-10)2-3-9/h4,6H,2-3,5,10H2,1H3,(H,11,12,13). The lowest BCUT2D eigenvalue weighted by molar-refractivity contribution is 0.736. The van der Waals surface area contributed by atoms with E-state index in [2.05, 4.69) is 15.3 Å². The molecule has 1 aromatic rings. The van der Waals surface area contributed by atoms with Gasteiger partial charge in [-0.3, -0.25) is 0 Å². The molecule has 0 radical (unpaired) electrons. The smallest absolute Gasteiger partial charge is 0.130 e. The van der Waals surface area contributed by atoms with Crippen LogP contribution in [0.4, 0.5) is 5.82 Å². The van der Waals surface area contributed by atoms with Gasteiger partial charge in [-0.2, -0.15) is 0 Å². The van der Waals surface area contributed by atoms with Crippen LogP contribution in [0, 0.1) is 6.92 Å². The fourth-order valence-corrected chi connectivity index (χ4v) is 1.33. The van der Waals surface area contributed by atoms with E-state index >= 15 is 0 Å². The number of anilines is 1. The van der Waals surface area contributed by atoms with Crippen molar-refractivity contribution in [2.24, 2.45) is 5.73 Å². The summed E-state index contributed by atoms with van der Waals surface area (Å²) in [7, 11) is 0. The predicted molar refractivity (Wildman–Crippen MR) is 51.4 cm³/mol. The summed E-state index contributed by atoms with van der Waals surface area (Å²) in [6.07, 6.45) is 3.86. The Morgan fingerprint density at radius 2 is 2.31 bits per heavy atom. The molecule has 3 N–H and O–H groups in total. The minimum absolute atomic E-state index is 0.126. The first-order valence-corrected chi connectivity index (χ1v) is 4.51. The first-order valence-electron chi connectivity index (χ1n) is 4.51. The van der Waals surface area contributed by atoms with Gasteiger partial charge in [0, 0.05) is 18.3 Å². The number of aryl methyl sites for hydroxylation is 1. The van der Waals surface area contributed by atoms with Crippen LogP contribution in [0.25, 0.3) is 0 Å². The Labute approximate surface area is 77.6 Å². The highest BCUT2D eigenvalue weighted by Gasteiger charge is 2.41. The predicted octanol–water partition coefficient (Wildman–Crippen LogP) is 0.688. The lowest BCUT2D eigenvalue weighted by Crippen LogP contribution is -2.31. The monoisotopic (exact) mass is 178 g/mol. The van der Waals surface area contributed by atoms with Crippen molar-refractivity contribution in [3.63, 3.8) is 0 Å². The number of rotatable bonds is 3. The van der Waals surface area contributed by atoms with Crippen molar-refractivity contribution in [2.75, 3.05) is 11.9 Å². The third-order valence-corrected chi connectivity index (χ3v) is 2.44. The molecule has 0 aromatic carbocycles. The highest BCUT2D eigenvalue weighted by atomic mass is 15.1. The summed E-state index contributed by atoms with van der Waals surface area (Å²) in [5, 5.41) is 3.34. The minimum atomic E-state index is 0.126. The van der Waals surface area contributed by atoms with Gasteiger partial charge in [-0.05, 0) is 19.8 Å². The van der Waals surface area contributed by atoms with E-state index < -0.39 is 0 Å². The molecule has 1 aliphatic rings. The van der Waals surface area contributed by atoms with Gasteiger partial charge in [-0.1, -0.05) is 0 Å². The zero-order chi connectivity index (χ0) is 9.31. The molecule has 4 nitrogen and oxygen atoms in total. The molecule has 13 heavy (non-hydrogen) atoms. The molecule has 0 spiro atoms. The van der Waals surface area contributed by atoms with Gasteiger partial charge < -0.3 is 11.1 Å². The number of nitrogens with two attached hydrogens (primary N) is 1. The SMILES string of the molecule is Cc1cc(NC2(CN)CC2)ncn1. The summed E-state index contributed by atoms with van der Waals surface area (Å²) >= 11 is 0. The number of aromatic nitrogens is 2. The van der Waals surface area contributed by atoms with Crippen LogP contribution in [0.1, 0.15) is 18.5 Å². The number of hydrogen-bond donors (Lipinski definition) is 2. The Hall–Kier alpha value is -1.16. The minimum Gasteiger partial charge on any atom is -0.363 e.